The van der Waals surface area contributed by atoms with Crippen molar-refractivity contribution in [3.8, 4) is 0 Å². The summed E-state index contributed by atoms with van der Waals surface area (Å²) < 4.78 is 5.19. The van der Waals surface area contributed by atoms with Crippen LogP contribution in [0.25, 0.3) is 0 Å². The molecule has 0 aromatic rings. The van der Waals surface area contributed by atoms with Gasteiger partial charge in [-0.05, 0) is 19.8 Å². The number of carboxylic acids is 1. The second-order valence-electron chi connectivity index (χ2n) is 3.92. The van der Waals surface area contributed by atoms with Crippen molar-refractivity contribution < 1.29 is 19.4 Å². The zero-order chi connectivity index (χ0) is 11.3. The number of carbonyl (C=O) groups excluding carboxylic acids is 1. The van der Waals surface area contributed by atoms with Gasteiger partial charge in [-0.2, -0.15) is 0 Å². The maximum Gasteiger partial charge on any atom is 0.305 e. The molecule has 0 saturated carbocycles. The molecule has 0 aromatic carbocycles. The highest BCUT2D eigenvalue weighted by Gasteiger charge is 2.23. The van der Waals surface area contributed by atoms with E-state index in [0.29, 0.717) is 13.2 Å². The van der Waals surface area contributed by atoms with Gasteiger partial charge in [0.2, 0.25) is 5.91 Å². The van der Waals surface area contributed by atoms with Crippen molar-refractivity contribution in [1.82, 2.24) is 5.32 Å². The molecule has 1 aliphatic heterocycles. The monoisotopic (exact) mass is 215 g/mol. The van der Waals surface area contributed by atoms with Crippen LogP contribution in [0.2, 0.25) is 0 Å². The number of hydrogen-bond acceptors (Lipinski definition) is 3. The molecule has 1 amide bonds. The van der Waals surface area contributed by atoms with Crippen molar-refractivity contribution in [1.29, 1.82) is 0 Å². The van der Waals surface area contributed by atoms with E-state index in [-0.39, 0.29) is 24.3 Å². The number of rotatable bonds is 4. The number of hydrogen-bond donors (Lipinski definition) is 2. The van der Waals surface area contributed by atoms with Crippen LogP contribution in [0.4, 0.5) is 0 Å². The number of carboxylic acid groups (broad SMARTS) is 1. The van der Waals surface area contributed by atoms with Gasteiger partial charge in [-0.25, -0.2) is 0 Å². The first-order chi connectivity index (χ1) is 7.09. The lowest BCUT2D eigenvalue weighted by molar-refractivity contribution is -0.137. The summed E-state index contributed by atoms with van der Waals surface area (Å²) in [5.41, 5.74) is 0. The number of amides is 1. The van der Waals surface area contributed by atoms with E-state index >= 15 is 0 Å². The molecule has 5 heteroatoms. The summed E-state index contributed by atoms with van der Waals surface area (Å²) >= 11 is 0. The van der Waals surface area contributed by atoms with E-state index < -0.39 is 5.97 Å². The third-order valence-corrected chi connectivity index (χ3v) is 2.40. The van der Waals surface area contributed by atoms with Crippen LogP contribution in [-0.2, 0) is 14.3 Å². The molecular weight excluding hydrogens is 198 g/mol. The molecule has 2 atom stereocenters. The van der Waals surface area contributed by atoms with Crippen molar-refractivity contribution in [3.63, 3.8) is 0 Å². The summed E-state index contributed by atoms with van der Waals surface area (Å²) in [4.78, 5) is 22.0. The maximum absolute atomic E-state index is 11.6. The Kier molecular flexibility index (Phi) is 4.55. The topological polar surface area (TPSA) is 75.6 Å². The normalized spacial score (nSPS) is 23.1. The molecule has 0 aromatic heterocycles. The Labute approximate surface area is 88.8 Å². The Balaban J connectivity index is 2.30. The van der Waals surface area contributed by atoms with Crippen molar-refractivity contribution in [3.05, 3.63) is 0 Å². The van der Waals surface area contributed by atoms with Gasteiger partial charge in [0.15, 0.2) is 0 Å². The Morgan fingerprint density at radius 2 is 2.33 bits per heavy atom. The minimum Gasteiger partial charge on any atom is -0.481 e. The molecule has 86 valence electrons. The molecule has 0 aliphatic carbocycles. The predicted molar refractivity (Wildman–Crippen MR) is 53.4 cm³/mol. The van der Waals surface area contributed by atoms with E-state index in [1.807, 2.05) is 0 Å². The summed E-state index contributed by atoms with van der Waals surface area (Å²) in [6, 6.07) is -0.322. The molecular formula is C10H17NO4. The van der Waals surface area contributed by atoms with Gasteiger partial charge in [0.1, 0.15) is 0 Å². The van der Waals surface area contributed by atoms with E-state index in [2.05, 4.69) is 5.32 Å². The summed E-state index contributed by atoms with van der Waals surface area (Å²) in [6.07, 6.45) is 1.68. The first-order valence-electron chi connectivity index (χ1n) is 5.19. The molecule has 0 radical (unpaired) electrons. The molecule has 1 aliphatic rings. The zero-order valence-corrected chi connectivity index (χ0v) is 8.86. The lowest BCUT2D eigenvalue weighted by Gasteiger charge is -2.22. The fraction of sp³-hybridized carbons (Fsp3) is 0.800. The minimum atomic E-state index is -0.900. The third-order valence-electron chi connectivity index (χ3n) is 2.40. The number of aliphatic carboxylic acids is 1. The van der Waals surface area contributed by atoms with E-state index in [4.69, 9.17) is 9.84 Å². The molecule has 1 saturated heterocycles. The average molecular weight is 215 g/mol. The SMILES string of the molecule is CC(CC(=O)O)NC(=O)C1CCCOC1. The van der Waals surface area contributed by atoms with Gasteiger partial charge in [-0.1, -0.05) is 0 Å². The first kappa shape index (κ1) is 12.0. The quantitative estimate of drug-likeness (QED) is 0.711. The van der Waals surface area contributed by atoms with Crippen LogP contribution < -0.4 is 5.32 Å². The lowest BCUT2D eigenvalue weighted by Crippen LogP contribution is -2.41. The Morgan fingerprint density at radius 1 is 1.60 bits per heavy atom. The molecule has 15 heavy (non-hydrogen) atoms. The molecule has 0 spiro atoms. The van der Waals surface area contributed by atoms with Crippen LogP contribution in [-0.4, -0.2) is 36.2 Å². The van der Waals surface area contributed by atoms with E-state index in [1.165, 1.54) is 0 Å². The first-order valence-corrected chi connectivity index (χ1v) is 5.19. The van der Waals surface area contributed by atoms with Crippen molar-refractivity contribution in [2.45, 2.75) is 32.2 Å². The maximum atomic E-state index is 11.6. The van der Waals surface area contributed by atoms with Crippen molar-refractivity contribution in [2.75, 3.05) is 13.2 Å². The van der Waals surface area contributed by atoms with E-state index in [0.717, 1.165) is 12.8 Å². The highest BCUT2D eigenvalue weighted by atomic mass is 16.5. The molecule has 2 N–H and O–H groups in total. The van der Waals surface area contributed by atoms with Gasteiger partial charge in [-0.3, -0.25) is 9.59 Å². The van der Waals surface area contributed by atoms with E-state index in [1.54, 1.807) is 6.92 Å². The van der Waals surface area contributed by atoms with Gasteiger partial charge in [0.05, 0.1) is 18.9 Å². The fourth-order valence-corrected chi connectivity index (χ4v) is 1.62. The van der Waals surface area contributed by atoms with Crippen LogP contribution in [0.5, 0.6) is 0 Å². The van der Waals surface area contributed by atoms with Crippen LogP contribution in [0.15, 0.2) is 0 Å². The standard InChI is InChI=1S/C10H17NO4/c1-7(5-9(12)13)11-10(14)8-3-2-4-15-6-8/h7-8H,2-6H2,1H3,(H,11,14)(H,12,13). The largest absolute Gasteiger partial charge is 0.481 e. The van der Waals surface area contributed by atoms with Crippen LogP contribution >= 0.6 is 0 Å². The van der Waals surface area contributed by atoms with E-state index in [9.17, 15) is 9.59 Å². The summed E-state index contributed by atoms with van der Waals surface area (Å²) in [5, 5.41) is 11.2. The van der Waals surface area contributed by atoms with Gasteiger partial charge < -0.3 is 15.2 Å². The van der Waals surface area contributed by atoms with Crippen LogP contribution in [0.3, 0.4) is 0 Å². The highest BCUT2D eigenvalue weighted by molar-refractivity contribution is 5.79. The predicted octanol–water partition coefficient (Wildman–Crippen LogP) is 0.392. The zero-order valence-electron chi connectivity index (χ0n) is 8.86. The third kappa shape index (κ3) is 4.29. The minimum absolute atomic E-state index is 0.0423. The molecule has 0 bridgehead atoms. The average Bonchev–Trinajstić information content (AvgIpc) is 2.17. The smallest absolute Gasteiger partial charge is 0.305 e. The molecule has 2 unspecified atom stereocenters. The van der Waals surface area contributed by atoms with Crippen molar-refractivity contribution in [2.24, 2.45) is 5.92 Å². The highest BCUT2D eigenvalue weighted by Crippen LogP contribution is 2.13. The second-order valence-corrected chi connectivity index (χ2v) is 3.92. The Morgan fingerprint density at radius 3 is 2.87 bits per heavy atom. The van der Waals surface area contributed by atoms with Gasteiger partial charge >= 0.3 is 5.97 Å². The molecule has 1 fully saturated rings. The number of nitrogens with one attached hydrogen (secondary N) is 1. The van der Waals surface area contributed by atoms with Crippen LogP contribution in [0, 0.1) is 5.92 Å². The van der Waals surface area contributed by atoms with Gasteiger partial charge in [0, 0.05) is 12.6 Å². The Hall–Kier alpha value is -1.10. The number of ether oxygens (including phenoxy) is 1. The number of carbonyl (C=O) groups is 2. The summed E-state index contributed by atoms with van der Waals surface area (Å²) in [7, 11) is 0. The Bertz CT molecular complexity index is 236. The van der Waals surface area contributed by atoms with Gasteiger partial charge in [0.25, 0.3) is 0 Å². The summed E-state index contributed by atoms with van der Waals surface area (Å²) in [6.45, 7) is 2.86. The molecule has 5 nitrogen and oxygen atoms in total. The lowest BCUT2D eigenvalue weighted by atomic mass is 10.0. The summed E-state index contributed by atoms with van der Waals surface area (Å²) in [5.74, 6) is -1.11. The molecule has 1 rings (SSSR count). The van der Waals surface area contributed by atoms with Gasteiger partial charge in [-0.15, -0.1) is 0 Å². The second kappa shape index (κ2) is 5.70. The fourth-order valence-electron chi connectivity index (χ4n) is 1.62. The van der Waals surface area contributed by atoms with Crippen molar-refractivity contribution >= 4 is 11.9 Å². The molecule has 1 heterocycles. The van der Waals surface area contributed by atoms with Crippen LogP contribution in [0.1, 0.15) is 26.2 Å².